The van der Waals surface area contributed by atoms with Gasteiger partial charge in [-0.1, -0.05) is 12.1 Å². The summed E-state index contributed by atoms with van der Waals surface area (Å²) < 4.78 is 0. The first-order valence-electron chi connectivity index (χ1n) is 7.27. The summed E-state index contributed by atoms with van der Waals surface area (Å²) in [5.74, 6) is -0.187. The van der Waals surface area contributed by atoms with Gasteiger partial charge in [-0.05, 0) is 49.8 Å². The van der Waals surface area contributed by atoms with E-state index in [0.29, 0.717) is 5.69 Å². The number of nitrogens with one attached hydrogen (secondary N) is 2. The van der Waals surface area contributed by atoms with Crippen LogP contribution in [-0.2, 0) is 19.4 Å². The number of H-pyrrole nitrogens is 1. The molecule has 0 aliphatic heterocycles. The summed E-state index contributed by atoms with van der Waals surface area (Å²) in [5, 5.41) is 19.3. The van der Waals surface area contributed by atoms with Crippen LogP contribution in [0, 0.1) is 6.92 Å². The van der Waals surface area contributed by atoms with Crippen molar-refractivity contribution < 1.29 is 9.90 Å². The van der Waals surface area contributed by atoms with E-state index >= 15 is 0 Å². The highest BCUT2D eigenvalue weighted by Gasteiger charge is 2.22. The van der Waals surface area contributed by atoms with Crippen LogP contribution in [0.1, 0.15) is 45.7 Å². The van der Waals surface area contributed by atoms with Crippen molar-refractivity contribution in [3.8, 4) is 0 Å². The van der Waals surface area contributed by atoms with Gasteiger partial charge in [-0.25, -0.2) is 0 Å². The van der Waals surface area contributed by atoms with Crippen LogP contribution in [0.3, 0.4) is 0 Å². The van der Waals surface area contributed by atoms with Crippen LogP contribution in [-0.4, -0.2) is 21.2 Å². The van der Waals surface area contributed by atoms with Crippen molar-refractivity contribution in [3.05, 3.63) is 46.3 Å². The third kappa shape index (κ3) is 2.69. The van der Waals surface area contributed by atoms with Crippen LogP contribution in [0.4, 0.5) is 5.69 Å². The number of nitrogens with zero attached hydrogens (tertiary/aromatic N) is 1. The van der Waals surface area contributed by atoms with Crippen molar-refractivity contribution in [3.63, 3.8) is 0 Å². The van der Waals surface area contributed by atoms with Gasteiger partial charge in [0.2, 0.25) is 0 Å². The third-order valence-electron chi connectivity index (χ3n) is 4.00. The van der Waals surface area contributed by atoms with E-state index in [1.165, 1.54) is 0 Å². The van der Waals surface area contributed by atoms with Gasteiger partial charge in [0.15, 0.2) is 5.69 Å². The SMILES string of the molecule is Cc1ccc(CO)cc1NC(=O)c1n[nH]c2c1CCCC2. The molecule has 21 heavy (non-hydrogen) atoms. The van der Waals surface area contributed by atoms with Crippen LogP contribution in [0.2, 0.25) is 0 Å². The average Bonchev–Trinajstić information content (AvgIpc) is 2.93. The molecule has 3 N–H and O–H groups in total. The van der Waals surface area contributed by atoms with Crippen LogP contribution in [0.5, 0.6) is 0 Å². The highest BCUT2D eigenvalue weighted by atomic mass is 16.3. The topological polar surface area (TPSA) is 78.0 Å². The van der Waals surface area contributed by atoms with Gasteiger partial charge in [-0.15, -0.1) is 0 Å². The van der Waals surface area contributed by atoms with Gasteiger partial charge in [-0.3, -0.25) is 9.89 Å². The molecule has 3 rings (SSSR count). The lowest BCUT2D eigenvalue weighted by molar-refractivity contribution is 0.102. The monoisotopic (exact) mass is 285 g/mol. The van der Waals surface area contributed by atoms with E-state index in [-0.39, 0.29) is 12.5 Å². The number of amides is 1. The Morgan fingerprint density at radius 3 is 3.00 bits per heavy atom. The Bertz CT molecular complexity index is 676. The predicted molar refractivity (Wildman–Crippen MR) is 80.3 cm³/mol. The number of benzene rings is 1. The van der Waals surface area contributed by atoms with Gasteiger partial charge in [-0.2, -0.15) is 5.10 Å². The molecule has 1 heterocycles. The molecule has 1 aliphatic carbocycles. The minimum Gasteiger partial charge on any atom is -0.392 e. The zero-order chi connectivity index (χ0) is 14.8. The number of rotatable bonds is 3. The molecule has 1 amide bonds. The molecule has 0 radical (unpaired) electrons. The number of aromatic nitrogens is 2. The van der Waals surface area contributed by atoms with E-state index in [4.69, 9.17) is 0 Å². The molecule has 2 aromatic rings. The lowest BCUT2D eigenvalue weighted by Gasteiger charge is -2.12. The first-order chi connectivity index (χ1) is 10.2. The van der Waals surface area contributed by atoms with Crippen molar-refractivity contribution in [2.75, 3.05) is 5.32 Å². The molecule has 1 aromatic heterocycles. The Hall–Kier alpha value is -2.14. The molecular formula is C16H19N3O2. The minimum absolute atomic E-state index is 0.0407. The highest BCUT2D eigenvalue weighted by molar-refractivity contribution is 6.04. The maximum Gasteiger partial charge on any atom is 0.276 e. The second kappa shape index (κ2) is 5.69. The standard InChI is InChI=1S/C16H19N3O2/c1-10-6-7-11(9-20)8-14(10)17-16(21)15-12-4-2-3-5-13(12)18-19-15/h6-8,20H,2-5,9H2,1H3,(H,17,21)(H,18,19). The summed E-state index contributed by atoms with van der Waals surface area (Å²) in [6, 6.07) is 5.54. The molecule has 0 atom stereocenters. The molecule has 5 heteroatoms. The normalized spacial score (nSPS) is 13.8. The maximum atomic E-state index is 12.4. The van der Waals surface area contributed by atoms with Gasteiger partial charge in [0, 0.05) is 16.9 Å². The van der Waals surface area contributed by atoms with E-state index in [1.807, 2.05) is 19.1 Å². The van der Waals surface area contributed by atoms with Crippen LogP contribution in [0.15, 0.2) is 18.2 Å². The minimum atomic E-state index is -0.187. The van der Waals surface area contributed by atoms with Gasteiger partial charge < -0.3 is 10.4 Å². The Morgan fingerprint density at radius 1 is 1.38 bits per heavy atom. The molecule has 1 aliphatic rings. The fourth-order valence-corrected chi connectivity index (χ4v) is 2.75. The first kappa shape index (κ1) is 13.8. The lowest BCUT2D eigenvalue weighted by Crippen LogP contribution is -2.16. The Kier molecular flexibility index (Phi) is 3.75. The molecule has 0 bridgehead atoms. The quantitative estimate of drug-likeness (QED) is 0.810. The zero-order valence-electron chi connectivity index (χ0n) is 12.1. The van der Waals surface area contributed by atoms with Crippen LogP contribution in [0.25, 0.3) is 0 Å². The number of fused-ring (bicyclic) bond motifs is 1. The number of aryl methyl sites for hydroxylation is 2. The number of hydrogen-bond acceptors (Lipinski definition) is 3. The zero-order valence-corrected chi connectivity index (χ0v) is 12.1. The highest BCUT2D eigenvalue weighted by Crippen LogP contribution is 2.24. The van der Waals surface area contributed by atoms with Crippen molar-refractivity contribution in [1.29, 1.82) is 0 Å². The molecule has 0 spiro atoms. The van der Waals surface area contributed by atoms with Crippen molar-refractivity contribution in [2.45, 2.75) is 39.2 Å². The summed E-state index contributed by atoms with van der Waals surface area (Å²) in [6.45, 7) is 1.89. The second-order valence-electron chi connectivity index (χ2n) is 5.50. The van der Waals surface area contributed by atoms with Crippen molar-refractivity contribution in [2.24, 2.45) is 0 Å². The second-order valence-corrected chi connectivity index (χ2v) is 5.50. The van der Waals surface area contributed by atoms with E-state index in [0.717, 1.165) is 53.8 Å². The predicted octanol–water partition coefficient (Wildman–Crippen LogP) is 2.34. The summed E-state index contributed by atoms with van der Waals surface area (Å²) >= 11 is 0. The number of hydrogen-bond donors (Lipinski definition) is 3. The Balaban J connectivity index is 1.85. The van der Waals surface area contributed by atoms with E-state index in [9.17, 15) is 9.90 Å². The molecule has 0 saturated heterocycles. The van der Waals surface area contributed by atoms with Crippen LogP contribution < -0.4 is 5.32 Å². The summed E-state index contributed by atoms with van der Waals surface area (Å²) in [4.78, 5) is 12.4. The summed E-state index contributed by atoms with van der Waals surface area (Å²) in [5.41, 5.74) is 5.10. The molecular weight excluding hydrogens is 266 g/mol. The van der Waals surface area contributed by atoms with E-state index < -0.39 is 0 Å². The number of carbonyl (C=O) groups is 1. The van der Waals surface area contributed by atoms with Gasteiger partial charge >= 0.3 is 0 Å². The number of aliphatic hydroxyl groups excluding tert-OH is 1. The fourth-order valence-electron chi connectivity index (χ4n) is 2.75. The molecule has 1 aromatic carbocycles. The van der Waals surface area contributed by atoms with Gasteiger partial charge in [0.25, 0.3) is 5.91 Å². The molecule has 110 valence electrons. The van der Waals surface area contributed by atoms with E-state index in [1.54, 1.807) is 6.07 Å². The largest absolute Gasteiger partial charge is 0.392 e. The summed E-state index contributed by atoms with van der Waals surface area (Å²) in [7, 11) is 0. The smallest absolute Gasteiger partial charge is 0.276 e. The van der Waals surface area contributed by atoms with Crippen molar-refractivity contribution >= 4 is 11.6 Å². The first-order valence-corrected chi connectivity index (χ1v) is 7.27. The fraction of sp³-hybridized carbons (Fsp3) is 0.375. The van der Waals surface area contributed by atoms with E-state index in [2.05, 4.69) is 15.5 Å². The maximum absolute atomic E-state index is 12.4. The molecule has 0 fully saturated rings. The van der Waals surface area contributed by atoms with Gasteiger partial charge in [0.1, 0.15) is 0 Å². The molecule has 0 saturated carbocycles. The van der Waals surface area contributed by atoms with Gasteiger partial charge in [0.05, 0.1) is 6.61 Å². The summed E-state index contributed by atoms with van der Waals surface area (Å²) in [6.07, 6.45) is 4.12. The Labute approximate surface area is 123 Å². The van der Waals surface area contributed by atoms with Crippen molar-refractivity contribution in [1.82, 2.24) is 10.2 Å². The average molecular weight is 285 g/mol. The number of aliphatic hydroxyl groups is 1. The Morgan fingerprint density at radius 2 is 2.19 bits per heavy atom. The lowest BCUT2D eigenvalue weighted by atomic mass is 9.95. The van der Waals surface area contributed by atoms with Crippen LogP contribution >= 0.6 is 0 Å². The molecule has 5 nitrogen and oxygen atoms in total. The third-order valence-corrected chi connectivity index (χ3v) is 4.00. The number of carbonyl (C=O) groups excluding carboxylic acids is 1. The number of aromatic amines is 1. The molecule has 0 unspecified atom stereocenters. The number of anilines is 1.